The molecular formula is C11H22N2O3S. The molecule has 0 saturated carbocycles. The minimum atomic E-state index is -3.25. The number of nitrogens with one attached hydrogen (secondary N) is 1. The number of sulfonamides is 1. The van der Waals surface area contributed by atoms with Gasteiger partial charge in [0.2, 0.25) is 10.0 Å². The Labute approximate surface area is 103 Å². The third-order valence-electron chi connectivity index (χ3n) is 3.67. The lowest BCUT2D eigenvalue weighted by atomic mass is 9.97. The fourth-order valence-corrected chi connectivity index (χ4v) is 4.73. The molecule has 2 aliphatic rings. The summed E-state index contributed by atoms with van der Waals surface area (Å²) in [5, 5.41) is 12.8. The number of aliphatic hydroxyl groups is 1. The quantitative estimate of drug-likeness (QED) is 0.730. The summed E-state index contributed by atoms with van der Waals surface area (Å²) < 4.78 is 26.3. The van der Waals surface area contributed by atoms with Crippen LogP contribution in [0, 0.1) is 0 Å². The summed E-state index contributed by atoms with van der Waals surface area (Å²) in [6, 6.07) is 0. The number of nitrogens with zero attached hydrogens (tertiary/aromatic N) is 1. The minimum Gasteiger partial charge on any atom is -0.389 e. The highest BCUT2D eigenvalue weighted by atomic mass is 32.2. The predicted molar refractivity (Wildman–Crippen MR) is 66.2 cm³/mol. The van der Waals surface area contributed by atoms with Gasteiger partial charge in [0.15, 0.2) is 0 Å². The van der Waals surface area contributed by atoms with E-state index in [1.807, 2.05) is 0 Å². The highest BCUT2D eigenvalue weighted by Crippen LogP contribution is 2.25. The van der Waals surface area contributed by atoms with E-state index in [2.05, 4.69) is 5.32 Å². The largest absolute Gasteiger partial charge is 0.389 e. The van der Waals surface area contributed by atoms with Crippen LogP contribution in [0.5, 0.6) is 0 Å². The summed E-state index contributed by atoms with van der Waals surface area (Å²) >= 11 is 0. The average Bonchev–Trinajstić information content (AvgIpc) is 2.29. The molecule has 100 valence electrons. The van der Waals surface area contributed by atoms with Crippen molar-refractivity contribution in [3.05, 3.63) is 0 Å². The molecule has 0 aromatic carbocycles. The Morgan fingerprint density at radius 1 is 1.41 bits per heavy atom. The van der Waals surface area contributed by atoms with Gasteiger partial charge < -0.3 is 10.4 Å². The second kappa shape index (κ2) is 4.84. The highest BCUT2D eigenvalue weighted by Gasteiger charge is 2.39. The van der Waals surface area contributed by atoms with Crippen molar-refractivity contribution in [3.63, 3.8) is 0 Å². The minimum absolute atomic E-state index is 0.242. The first-order valence-corrected chi connectivity index (χ1v) is 7.84. The third-order valence-corrected chi connectivity index (χ3v) is 5.95. The number of rotatable bonds is 2. The Balaban J connectivity index is 2.09. The Kier molecular flexibility index (Phi) is 3.77. The van der Waals surface area contributed by atoms with E-state index in [0.29, 0.717) is 19.5 Å². The summed E-state index contributed by atoms with van der Waals surface area (Å²) in [5.41, 5.74) is -0.868. The summed E-state index contributed by atoms with van der Waals surface area (Å²) in [6.45, 7) is 3.96. The Bertz CT molecular complexity index is 361. The van der Waals surface area contributed by atoms with Gasteiger partial charge in [0.05, 0.1) is 10.9 Å². The SMILES string of the molecule is CC1(O)CCCN(S(=O)(=O)C2CCCNC2)C1. The molecule has 0 aromatic rings. The van der Waals surface area contributed by atoms with Crippen LogP contribution < -0.4 is 5.32 Å². The lowest BCUT2D eigenvalue weighted by Gasteiger charge is -2.38. The van der Waals surface area contributed by atoms with Crippen LogP contribution in [0.1, 0.15) is 32.6 Å². The fourth-order valence-electron chi connectivity index (χ4n) is 2.68. The van der Waals surface area contributed by atoms with Crippen LogP contribution >= 0.6 is 0 Å². The van der Waals surface area contributed by atoms with Crippen molar-refractivity contribution >= 4 is 10.0 Å². The molecule has 0 bridgehead atoms. The van der Waals surface area contributed by atoms with Gasteiger partial charge in [-0.2, -0.15) is 4.31 Å². The molecule has 2 fully saturated rings. The van der Waals surface area contributed by atoms with Crippen LogP contribution in [-0.4, -0.2) is 54.9 Å². The topological polar surface area (TPSA) is 69.6 Å². The summed E-state index contributed by atoms with van der Waals surface area (Å²) in [4.78, 5) is 0. The zero-order chi connectivity index (χ0) is 12.5. The molecule has 6 heteroatoms. The lowest BCUT2D eigenvalue weighted by Crippen LogP contribution is -2.53. The van der Waals surface area contributed by atoms with Crippen LogP contribution in [0.15, 0.2) is 0 Å². The van der Waals surface area contributed by atoms with Gasteiger partial charge in [-0.3, -0.25) is 0 Å². The van der Waals surface area contributed by atoms with Crippen molar-refractivity contribution in [3.8, 4) is 0 Å². The molecule has 0 radical (unpaired) electrons. The van der Waals surface area contributed by atoms with Crippen molar-refractivity contribution in [2.24, 2.45) is 0 Å². The maximum Gasteiger partial charge on any atom is 0.218 e. The van der Waals surface area contributed by atoms with Crippen molar-refractivity contribution in [2.45, 2.75) is 43.5 Å². The number of hydrogen-bond acceptors (Lipinski definition) is 4. The molecule has 2 heterocycles. The van der Waals surface area contributed by atoms with Crippen molar-refractivity contribution in [2.75, 3.05) is 26.2 Å². The van der Waals surface area contributed by atoms with Gasteiger partial charge in [-0.15, -0.1) is 0 Å². The first kappa shape index (κ1) is 13.3. The maximum absolute atomic E-state index is 12.4. The van der Waals surface area contributed by atoms with E-state index in [4.69, 9.17) is 0 Å². The van der Waals surface area contributed by atoms with E-state index in [1.165, 1.54) is 4.31 Å². The zero-order valence-electron chi connectivity index (χ0n) is 10.4. The smallest absolute Gasteiger partial charge is 0.218 e. The van der Waals surface area contributed by atoms with E-state index >= 15 is 0 Å². The van der Waals surface area contributed by atoms with Gasteiger partial charge in [0.1, 0.15) is 0 Å². The molecule has 2 N–H and O–H groups in total. The van der Waals surface area contributed by atoms with Crippen LogP contribution in [0.2, 0.25) is 0 Å². The van der Waals surface area contributed by atoms with Crippen LogP contribution in [-0.2, 0) is 10.0 Å². The number of hydrogen-bond donors (Lipinski definition) is 2. The standard InChI is InChI=1S/C11H22N2O3S/c1-11(14)5-3-7-13(9-11)17(15,16)10-4-2-6-12-8-10/h10,12,14H,2-9H2,1H3. The van der Waals surface area contributed by atoms with Gasteiger partial charge >= 0.3 is 0 Å². The van der Waals surface area contributed by atoms with Gasteiger partial charge in [0.25, 0.3) is 0 Å². The summed E-state index contributed by atoms with van der Waals surface area (Å²) in [5.74, 6) is 0. The van der Waals surface area contributed by atoms with E-state index in [0.717, 1.165) is 25.8 Å². The molecule has 0 aromatic heterocycles. The molecule has 2 unspecified atom stereocenters. The maximum atomic E-state index is 12.4. The molecule has 2 aliphatic heterocycles. The van der Waals surface area contributed by atoms with E-state index < -0.39 is 15.6 Å². The highest BCUT2D eigenvalue weighted by molar-refractivity contribution is 7.89. The normalized spacial score (nSPS) is 36.9. The van der Waals surface area contributed by atoms with Crippen molar-refractivity contribution in [1.29, 1.82) is 0 Å². The van der Waals surface area contributed by atoms with Crippen LogP contribution in [0.4, 0.5) is 0 Å². The zero-order valence-corrected chi connectivity index (χ0v) is 11.2. The Morgan fingerprint density at radius 3 is 2.76 bits per heavy atom. The monoisotopic (exact) mass is 262 g/mol. The van der Waals surface area contributed by atoms with Gasteiger partial charge in [-0.1, -0.05) is 0 Å². The van der Waals surface area contributed by atoms with Crippen LogP contribution in [0.3, 0.4) is 0 Å². The lowest BCUT2D eigenvalue weighted by molar-refractivity contribution is 0.00907. The first-order valence-electron chi connectivity index (χ1n) is 6.34. The van der Waals surface area contributed by atoms with Crippen molar-refractivity contribution < 1.29 is 13.5 Å². The second-order valence-electron chi connectivity index (χ2n) is 5.45. The van der Waals surface area contributed by atoms with E-state index in [9.17, 15) is 13.5 Å². The predicted octanol–water partition coefficient (Wildman–Crippen LogP) is -0.0850. The van der Waals surface area contributed by atoms with Gasteiger partial charge in [-0.05, 0) is 39.2 Å². The average molecular weight is 262 g/mol. The van der Waals surface area contributed by atoms with E-state index in [-0.39, 0.29) is 11.8 Å². The van der Waals surface area contributed by atoms with Gasteiger partial charge in [0, 0.05) is 19.6 Å². The third kappa shape index (κ3) is 2.99. The first-order chi connectivity index (χ1) is 7.92. The molecule has 0 amide bonds. The second-order valence-corrected chi connectivity index (χ2v) is 7.66. The van der Waals surface area contributed by atoms with Crippen molar-refractivity contribution in [1.82, 2.24) is 9.62 Å². The van der Waals surface area contributed by atoms with Gasteiger partial charge in [-0.25, -0.2) is 8.42 Å². The summed E-state index contributed by atoms with van der Waals surface area (Å²) in [6.07, 6.45) is 3.07. The summed E-state index contributed by atoms with van der Waals surface area (Å²) in [7, 11) is -3.25. The van der Waals surface area contributed by atoms with E-state index in [1.54, 1.807) is 6.92 Å². The van der Waals surface area contributed by atoms with Crippen LogP contribution in [0.25, 0.3) is 0 Å². The number of β-amino-alcohol motifs (C(OH)–C–C–N with tert-alkyl or cyclic N) is 1. The molecule has 0 spiro atoms. The fraction of sp³-hybridized carbons (Fsp3) is 1.00. The molecule has 2 saturated heterocycles. The Morgan fingerprint density at radius 2 is 2.18 bits per heavy atom. The molecule has 5 nitrogen and oxygen atoms in total. The molecule has 2 rings (SSSR count). The molecular weight excluding hydrogens is 240 g/mol. The molecule has 2 atom stereocenters. The Hall–Kier alpha value is -0.170. The molecule has 0 aliphatic carbocycles. The molecule has 17 heavy (non-hydrogen) atoms. The number of piperidine rings is 2.